The van der Waals surface area contributed by atoms with Gasteiger partial charge in [0.15, 0.2) is 0 Å². The summed E-state index contributed by atoms with van der Waals surface area (Å²) in [4.78, 5) is 14.6. The average Bonchev–Trinajstić information content (AvgIpc) is 3.37. The van der Waals surface area contributed by atoms with Gasteiger partial charge in [0.2, 0.25) is 10.0 Å². The van der Waals surface area contributed by atoms with Gasteiger partial charge < -0.3 is 10.6 Å². The predicted octanol–water partition coefficient (Wildman–Crippen LogP) is 1.33. The maximum Gasteiger partial charge on any atom is 0.253 e. The SMILES string of the molecule is CC(N)C1CCN(C(=O)c2ccc(S(=O)(=O)NC3CC3)cc2)CC1. The number of nitrogens with two attached hydrogens (primary N) is 1. The molecule has 1 aliphatic heterocycles. The van der Waals surface area contributed by atoms with Crippen molar-refractivity contribution in [1.82, 2.24) is 9.62 Å². The molecular weight excluding hydrogens is 326 g/mol. The normalized spacial score (nSPS) is 20.8. The number of hydrogen-bond acceptors (Lipinski definition) is 4. The van der Waals surface area contributed by atoms with Gasteiger partial charge in [0.05, 0.1) is 4.90 Å². The van der Waals surface area contributed by atoms with Crippen molar-refractivity contribution < 1.29 is 13.2 Å². The second-order valence-corrected chi connectivity index (χ2v) is 8.62. The van der Waals surface area contributed by atoms with Gasteiger partial charge in [-0.2, -0.15) is 0 Å². The van der Waals surface area contributed by atoms with Gasteiger partial charge in [-0.25, -0.2) is 13.1 Å². The van der Waals surface area contributed by atoms with Crippen molar-refractivity contribution in [3.05, 3.63) is 29.8 Å². The Kier molecular flexibility index (Phi) is 4.94. The summed E-state index contributed by atoms with van der Waals surface area (Å²) in [5, 5.41) is 0. The highest BCUT2D eigenvalue weighted by molar-refractivity contribution is 7.89. The third-order valence-electron chi connectivity index (χ3n) is 4.88. The van der Waals surface area contributed by atoms with E-state index in [4.69, 9.17) is 5.73 Å². The highest BCUT2D eigenvalue weighted by Crippen LogP contribution is 2.23. The van der Waals surface area contributed by atoms with E-state index >= 15 is 0 Å². The predicted molar refractivity (Wildman–Crippen MR) is 92.1 cm³/mol. The van der Waals surface area contributed by atoms with Crippen LogP contribution in [0.2, 0.25) is 0 Å². The van der Waals surface area contributed by atoms with E-state index in [9.17, 15) is 13.2 Å². The quantitative estimate of drug-likeness (QED) is 0.837. The molecule has 0 spiro atoms. The summed E-state index contributed by atoms with van der Waals surface area (Å²) >= 11 is 0. The Labute approximate surface area is 143 Å². The van der Waals surface area contributed by atoms with Crippen molar-refractivity contribution >= 4 is 15.9 Å². The van der Waals surface area contributed by atoms with E-state index in [0.717, 1.165) is 25.7 Å². The summed E-state index contributed by atoms with van der Waals surface area (Å²) in [5.74, 6) is 0.423. The zero-order valence-corrected chi connectivity index (χ0v) is 14.8. The van der Waals surface area contributed by atoms with Crippen LogP contribution < -0.4 is 10.5 Å². The van der Waals surface area contributed by atoms with Crippen LogP contribution in [0, 0.1) is 5.92 Å². The Bertz CT molecular complexity index is 688. The van der Waals surface area contributed by atoms with Gasteiger partial charge >= 0.3 is 0 Å². The van der Waals surface area contributed by atoms with Crippen LogP contribution in [-0.2, 0) is 10.0 Å². The van der Waals surface area contributed by atoms with Crippen LogP contribution in [0.15, 0.2) is 29.2 Å². The van der Waals surface area contributed by atoms with Crippen molar-refractivity contribution in [2.24, 2.45) is 11.7 Å². The molecule has 3 N–H and O–H groups in total. The summed E-state index contributed by atoms with van der Waals surface area (Å²) in [6, 6.07) is 6.44. The van der Waals surface area contributed by atoms with Crippen LogP contribution in [0.25, 0.3) is 0 Å². The van der Waals surface area contributed by atoms with E-state index in [1.807, 2.05) is 11.8 Å². The topological polar surface area (TPSA) is 92.5 Å². The molecule has 0 radical (unpaired) electrons. The lowest BCUT2D eigenvalue weighted by Gasteiger charge is -2.33. The van der Waals surface area contributed by atoms with Gasteiger partial charge in [0, 0.05) is 30.7 Å². The highest BCUT2D eigenvalue weighted by Gasteiger charge is 2.29. The molecule has 1 aliphatic carbocycles. The molecule has 132 valence electrons. The Morgan fingerprint density at radius 2 is 1.75 bits per heavy atom. The van der Waals surface area contributed by atoms with Crippen molar-refractivity contribution in [2.75, 3.05) is 13.1 Å². The largest absolute Gasteiger partial charge is 0.339 e. The minimum absolute atomic E-state index is 0.0442. The van der Waals surface area contributed by atoms with E-state index in [0.29, 0.717) is 24.6 Å². The molecule has 24 heavy (non-hydrogen) atoms. The number of hydrogen-bond donors (Lipinski definition) is 2. The third-order valence-corrected chi connectivity index (χ3v) is 6.42. The van der Waals surface area contributed by atoms with E-state index < -0.39 is 10.0 Å². The Morgan fingerprint density at radius 3 is 2.25 bits per heavy atom. The molecule has 6 nitrogen and oxygen atoms in total. The lowest BCUT2D eigenvalue weighted by molar-refractivity contribution is 0.0681. The molecule has 2 fully saturated rings. The minimum Gasteiger partial charge on any atom is -0.339 e. The van der Waals surface area contributed by atoms with Gasteiger partial charge in [-0.05, 0) is 62.8 Å². The van der Waals surface area contributed by atoms with Crippen molar-refractivity contribution in [3.63, 3.8) is 0 Å². The number of sulfonamides is 1. The molecule has 0 aromatic heterocycles. The fourth-order valence-electron chi connectivity index (χ4n) is 3.08. The molecule has 1 aromatic carbocycles. The number of carbonyl (C=O) groups is 1. The molecule has 1 heterocycles. The molecular formula is C17H25N3O3S. The van der Waals surface area contributed by atoms with Crippen LogP contribution in [0.3, 0.4) is 0 Å². The smallest absolute Gasteiger partial charge is 0.253 e. The van der Waals surface area contributed by atoms with Crippen LogP contribution >= 0.6 is 0 Å². The molecule has 1 saturated heterocycles. The highest BCUT2D eigenvalue weighted by atomic mass is 32.2. The van der Waals surface area contributed by atoms with Crippen molar-refractivity contribution in [3.8, 4) is 0 Å². The van der Waals surface area contributed by atoms with Crippen LogP contribution in [0.5, 0.6) is 0 Å². The maximum atomic E-state index is 12.6. The lowest BCUT2D eigenvalue weighted by atomic mass is 9.90. The first-order valence-electron chi connectivity index (χ1n) is 8.54. The van der Waals surface area contributed by atoms with Crippen molar-refractivity contribution in [1.29, 1.82) is 0 Å². The standard InChI is InChI=1S/C17H25N3O3S/c1-12(18)13-8-10-20(11-9-13)17(21)14-2-6-16(7-3-14)24(22,23)19-15-4-5-15/h2-3,6-7,12-13,15,19H,4-5,8-11,18H2,1H3. The molecule has 1 saturated carbocycles. The molecule has 3 rings (SSSR count). The van der Waals surface area contributed by atoms with Gasteiger partial charge in [-0.15, -0.1) is 0 Å². The first-order valence-corrected chi connectivity index (χ1v) is 10.0. The van der Waals surface area contributed by atoms with Crippen LogP contribution in [-0.4, -0.2) is 44.4 Å². The molecule has 1 aromatic rings. The van der Waals surface area contributed by atoms with Crippen molar-refractivity contribution in [2.45, 2.75) is 49.6 Å². The molecule has 1 atom stereocenters. The second kappa shape index (κ2) is 6.82. The fraction of sp³-hybridized carbons (Fsp3) is 0.588. The zero-order valence-electron chi connectivity index (χ0n) is 13.9. The van der Waals surface area contributed by atoms with E-state index in [1.165, 1.54) is 12.1 Å². The first kappa shape index (κ1) is 17.4. The summed E-state index contributed by atoms with van der Waals surface area (Å²) in [6.07, 6.45) is 3.63. The number of nitrogens with zero attached hydrogens (tertiary/aromatic N) is 1. The van der Waals surface area contributed by atoms with Gasteiger partial charge in [-0.1, -0.05) is 0 Å². The fourth-order valence-corrected chi connectivity index (χ4v) is 4.38. The number of rotatable bonds is 5. The number of carbonyl (C=O) groups excluding carboxylic acids is 1. The van der Waals surface area contributed by atoms with Crippen LogP contribution in [0.4, 0.5) is 0 Å². The summed E-state index contributed by atoms with van der Waals surface area (Å²) in [7, 11) is -3.47. The first-order chi connectivity index (χ1) is 11.4. The third kappa shape index (κ3) is 3.96. The monoisotopic (exact) mass is 351 g/mol. The summed E-state index contributed by atoms with van der Waals surface area (Å²) in [6.45, 7) is 3.42. The number of likely N-dealkylation sites (tertiary alicyclic amines) is 1. The summed E-state index contributed by atoms with van der Waals surface area (Å²) < 4.78 is 26.9. The van der Waals surface area contributed by atoms with Gasteiger partial charge in [0.1, 0.15) is 0 Å². The van der Waals surface area contributed by atoms with Gasteiger partial charge in [-0.3, -0.25) is 4.79 Å². The molecule has 1 amide bonds. The number of benzene rings is 1. The zero-order chi connectivity index (χ0) is 17.3. The van der Waals surface area contributed by atoms with E-state index in [1.54, 1.807) is 12.1 Å². The molecule has 0 bridgehead atoms. The number of nitrogens with one attached hydrogen (secondary N) is 1. The van der Waals surface area contributed by atoms with E-state index in [2.05, 4.69) is 4.72 Å². The maximum absolute atomic E-state index is 12.6. The molecule has 1 unspecified atom stereocenters. The van der Waals surface area contributed by atoms with E-state index in [-0.39, 0.29) is 22.9 Å². The Balaban J connectivity index is 1.64. The number of amides is 1. The lowest BCUT2D eigenvalue weighted by Crippen LogP contribution is -2.42. The average molecular weight is 351 g/mol. The number of piperidine rings is 1. The Morgan fingerprint density at radius 1 is 1.17 bits per heavy atom. The van der Waals surface area contributed by atoms with Gasteiger partial charge in [0.25, 0.3) is 5.91 Å². The van der Waals surface area contributed by atoms with Crippen LogP contribution in [0.1, 0.15) is 43.0 Å². The molecule has 2 aliphatic rings. The minimum atomic E-state index is -3.47. The second-order valence-electron chi connectivity index (χ2n) is 6.91. The summed E-state index contributed by atoms with van der Waals surface area (Å²) in [5.41, 5.74) is 6.46. The molecule has 7 heteroatoms. The Hall–Kier alpha value is -1.44.